The number of halogens is 3. The average molecular weight is 341 g/mol. The highest BCUT2D eigenvalue weighted by Gasteiger charge is 2.38. The number of carbonyl (C=O) groups is 2. The molecule has 2 rings (SSSR count). The van der Waals surface area contributed by atoms with Crippen molar-refractivity contribution in [3.8, 4) is 11.4 Å². The molecule has 1 heterocycles. The summed E-state index contributed by atoms with van der Waals surface area (Å²) in [5.41, 5.74) is 0.341. The molecule has 0 atom stereocenters. The van der Waals surface area contributed by atoms with E-state index in [9.17, 15) is 22.8 Å². The first-order valence-electron chi connectivity index (χ1n) is 7.02. The molecule has 2 aromatic rings. The molecule has 1 aromatic heterocycles. The van der Waals surface area contributed by atoms with Crippen molar-refractivity contribution in [1.29, 1.82) is 0 Å². The quantitative estimate of drug-likeness (QED) is 0.668. The fourth-order valence-corrected chi connectivity index (χ4v) is 1.73. The summed E-state index contributed by atoms with van der Waals surface area (Å²) >= 11 is 0. The van der Waals surface area contributed by atoms with Gasteiger partial charge in [0.2, 0.25) is 11.6 Å². The fraction of sp³-hybridized carbons (Fsp3) is 0.333. The van der Waals surface area contributed by atoms with E-state index in [0.29, 0.717) is 6.54 Å². The first-order chi connectivity index (χ1) is 11.2. The van der Waals surface area contributed by atoms with Crippen molar-refractivity contribution in [2.75, 3.05) is 6.54 Å². The van der Waals surface area contributed by atoms with Crippen molar-refractivity contribution in [1.82, 2.24) is 15.5 Å². The van der Waals surface area contributed by atoms with E-state index in [1.54, 1.807) is 0 Å². The number of amides is 1. The van der Waals surface area contributed by atoms with Gasteiger partial charge in [-0.2, -0.15) is 18.2 Å². The van der Waals surface area contributed by atoms with Crippen LogP contribution in [-0.2, 0) is 11.0 Å². The van der Waals surface area contributed by atoms with Gasteiger partial charge in [-0.25, -0.2) is 0 Å². The summed E-state index contributed by atoms with van der Waals surface area (Å²) in [7, 11) is 0. The molecule has 0 unspecified atom stereocenters. The van der Waals surface area contributed by atoms with Crippen molar-refractivity contribution in [2.45, 2.75) is 20.0 Å². The van der Waals surface area contributed by atoms with Crippen LogP contribution >= 0.6 is 0 Å². The molecule has 6 nitrogen and oxygen atoms in total. The molecule has 0 bridgehead atoms. The van der Waals surface area contributed by atoms with Crippen molar-refractivity contribution in [2.24, 2.45) is 5.92 Å². The molecule has 1 aromatic carbocycles. The first-order valence-corrected chi connectivity index (χ1v) is 7.02. The number of benzene rings is 1. The van der Waals surface area contributed by atoms with Crippen LogP contribution in [0.4, 0.5) is 13.2 Å². The molecule has 1 amide bonds. The van der Waals surface area contributed by atoms with Gasteiger partial charge in [0, 0.05) is 17.7 Å². The van der Waals surface area contributed by atoms with Gasteiger partial charge in [-0.05, 0) is 5.92 Å². The second-order valence-corrected chi connectivity index (χ2v) is 5.43. The van der Waals surface area contributed by atoms with Gasteiger partial charge in [-0.15, -0.1) is 0 Å². The minimum absolute atomic E-state index is 0.111. The number of nitrogens with one attached hydrogen (secondary N) is 1. The molecule has 9 heteroatoms. The summed E-state index contributed by atoms with van der Waals surface area (Å²) in [6.45, 7) is 4.14. The number of alkyl halides is 3. The molecular formula is C15H14F3N3O3. The number of aromatic nitrogens is 2. The van der Waals surface area contributed by atoms with E-state index in [1.807, 2.05) is 13.8 Å². The van der Waals surface area contributed by atoms with E-state index < -0.39 is 23.8 Å². The van der Waals surface area contributed by atoms with Crippen molar-refractivity contribution < 1.29 is 27.3 Å². The zero-order valence-electron chi connectivity index (χ0n) is 12.8. The Hall–Kier alpha value is -2.71. The lowest BCUT2D eigenvalue weighted by Gasteiger charge is -2.06. The van der Waals surface area contributed by atoms with Crippen LogP contribution in [0.5, 0.6) is 0 Å². The number of Topliss-reactive ketones (excluding diaryl/α,β-unsaturated/α-hetero) is 1. The topological polar surface area (TPSA) is 85.1 Å². The first kappa shape index (κ1) is 17.6. The van der Waals surface area contributed by atoms with Crippen LogP contribution in [0.25, 0.3) is 11.4 Å². The third-order valence-corrected chi connectivity index (χ3v) is 2.95. The van der Waals surface area contributed by atoms with Crippen LogP contribution in [-0.4, -0.2) is 28.4 Å². The minimum Gasteiger partial charge on any atom is -0.349 e. The molecule has 1 N–H and O–H groups in total. The molecular weight excluding hydrogens is 327 g/mol. The van der Waals surface area contributed by atoms with Gasteiger partial charge >= 0.3 is 12.1 Å². The van der Waals surface area contributed by atoms with Crippen molar-refractivity contribution in [3.05, 3.63) is 35.7 Å². The van der Waals surface area contributed by atoms with Crippen LogP contribution < -0.4 is 5.32 Å². The van der Waals surface area contributed by atoms with Crippen LogP contribution in [0.1, 0.15) is 30.1 Å². The van der Waals surface area contributed by atoms with Gasteiger partial charge in [0.15, 0.2) is 0 Å². The van der Waals surface area contributed by atoms with Gasteiger partial charge in [-0.3, -0.25) is 9.59 Å². The van der Waals surface area contributed by atoms with Crippen molar-refractivity contribution in [3.63, 3.8) is 0 Å². The fourth-order valence-electron chi connectivity index (χ4n) is 1.73. The van der Waals surface area contributed by atoms with E-state index in [1.165, 1.54) is 24.3 Å². The number of carbonyl (C=O) groups excluding carboxylic acids is 2. The molecule has 0 saturated carbocycles. The summed E-state index contributed by atoms with van der Waals surface area (Å²) in [4.78, 5) is 26.9. The van der Waals surface area contributed by atoms with E-state index in [-0.39, 0.29) is 22.9 Å². The standard InChI is InChI=1S/C15H14F3N3O3/c1-8(2)7-19-13(23)11(22)9-3-5-10(6-4-9)12-20-14(24-21-12)15(16,17)18/h3-6,8H,7H2,1-2H3,(H,19,23). The highest BCUT2D eigenvalue weighted by atomic mass is 19.4. The lowest BCUT2D eigenvalue weighted by Crippen LogP contribution is -2.33. The number of hydrogen-bond donors (Lipinski definition) is 1. The largest absolute Gasteiger partial charge is 0.471 e. The Kier molecular flexibility index (Phi) is 5.01. The Bertz CT molecular complexity index is 736. The lowest BCUT2D eigenvalue weighted by atomic mass is 10.1. The number of nitrogens with zero attached hydrogens (tertiary/aromatic N) is 2. The summed E-state index contributed by atoms with van der Waals surface area (Å²) in [6, 6.07) is 5.31. The molecule has 0 aliphatic carbocycles. The van der Waals surface area contributed by atoms with Crippen molar-refractivity contribution >= 4 is 11.7 Å². The summed E-state index contributed by atoms with van der Waals surface area (Å²) in [5.74, 6) is -2.98. The molecule has 0 fully saturated rings. The molecule has 0 radical (unpaired) electrons. The number of ketones is 1. The van der Waals surface area contributed by atoms with Gasteiger partial charge < -0.3 is 9.84 Å². The Morgan fingerprint density at radius 3 is 2.33 bits per heavy atom. The molecule has 0 saturated heterocycles. The van der Waals surface area contributed by atoms with Gasteiger partial charge in [0.1, 0.15) is 0 Å². The third-order valence-electron chi connectivity index (χ3n) is 2.95. The normalized spacial score (nSPS) is 11.6. The minimum atomic E-state index is -4.73. The Morgan fingerprint density at radius 1 is 1.21 bits per heavy atom. The highest BCUT2D eigenvalue weighted by molar-refractivity contribution is 6.42. The summed E-state index contributed by atoms with van der Waals surface area (Å²) in [5, 5.41) is 5.73. The maximum atomic E-state index is 12.4. The molecule has 0 aliphatic rings. The van der Waals surface area contributed by atoms with E-state index in [0.717, 1.165) is 0 Å². The van der Waals surface area contributed by atoms with Crippen LogP contribution in [0.3, 0.4) is 0 Å². The predicted molar refractivity (Wildman–Crippen MR) is 76.9 cm³/mol. The predicted octanol–water partition coefficient (Wildman–Crippen LogP) is 2.71. The van der Waals surface area contributed by atoms with Gasteiger partial charge in [0.05, 0.1) is 0 Å². The zero-order valence-corrected chi connectivity index (χ0v) is 12.8. The monoisotopic (exact) mass is 341 g/mol. The highest BCUT2D eigenvalue weighted by Crippen LogP contribution is 2.29. The number of hydrogen-bond acceptors (Lipinski definition) is 5. The smallest absolute Gasteiger partial charge is 0.349 e. The van der Waals surface area contributed by atoms with Crippen LogP contribution in [0.2, 0.25) is 0 Å². The zero-order chi connectivity index (χ0) is 17.9. The summed E-state index contributed by atoms with van der Waals surface area (Å²) < 4.78 is 41.4. The second-order valence-electron chi connectivity index (χ2n) is 5.43. The maximum absolute atomic E-state index is 12.4. The number of rotatable bonds is 5. The maximum Gasteiger partial charge on any atom is 0.471 e. The Morgan fingerprint density at radius 2 is 1.83 bits per heavy atom. The molecule has 0 aliphatic heterocycles. The van der Waals surface area contributed by atoms with E-state index >= 15 is 0 Å². The van der Waals surface area contributed by atoms with E-state index in [2.05, 4.69) is 20.0 Å². The Balaban J connectivity index is 2.11. The van der Waals surface area contributed by atoms with Crippen LogP contribution in [0.15, 0.2) is 28.8 Å². The van der Waals surface area contributed by atoms with E-state index in [4.69, 9.17) is 0 Å². The van der Waals surface area contributed by atoms with Gasteiger partial charge in [-0.1, -0.05) is 43.3 Å². The SMILES string of the molecule is CC(C)CNC(=O)C(=O)c1ccc(-c2noc(C(F)(F)F)n2)cc1. The molecule has 128 valence electrons. The molecule has 0 spiro atoms. The van der Waals surface area contributed by atoms with Gasteiger partial charge in [0.25, 0.3) is 5.91 Å². The second kappa shape index (κ2) is 6.81. The third kappa shape index (κ3) is 4.18. The van der Waals surface area contributed by atoms with Crippen LogP contribution in [0, 0.1) is 5.92 Å². The Labute approximate surface area is 135 Å². The summed E-state index contributed by atoms with van der Waals surface area (Å²) in [6.07, 6.45) is -4.73. The molecule has 24 heavy (non-hydrogen) atoms. The lowest BCUT2D eigenvalue weighted by molar-refractivity contribution is -0.159. The average Bonchev–Trinajstić information content (AvgIpc) is 3.02.